The Labute approximate surface area is 158 Å². The Hall–Kier alpha value is -2.45. The minimum atomic E-state index is -3.86. The molecule has 152 valence electrons. The fourth-order valence-electron chi connectivity index (χ4n) is 3.07. The molecule has 1 fully saturated rings. The van der Waals surface area contributed by atoms with Gasteiger partial charge in [-0.25, -0.2) is 9.97 Å². The van der Waals surface area contributed by atoms with Crippen LogP contribution in [0.4, 0.5) is 22.0 Å². The Morgan fingerprint density at radius 1 is 0.857 bits per heavy atom. The third-order valence-electron chi connectivity index (χ3n) is 4.73. The summed E-state index contributed by atoms with van der Waals surface area (Å²) in [4.78, 5) is 6.69. The van der Waals surface area contributed by atoms with Crippen LogP contribution in [0.15, 0.2) is 36.7 Å². The highest BCUT2D eigenvalue weighted by Crippen LogP contribution is 2.40. The maximum atomic E-state index is 14.3. The van der Waals surface area contributed by atoms with E-state index < -0.39 is 29.8 Å². The lowest BCUT2D eigenvalue weighted by Crippen LogP contribution is -2.37. The molecule has 2 heterocycles. The molecule has 0 saturated heterocycles. The second-order valence-electron chi connectivity index (χ2n) is 6.94. The van der Waals surface area contributed by atoms with Crippen molar-refractivity contribution in [1.29, 1.82) is 0 Å². The van der Waals surface area contributed by atoms with Crippen molar-refractivity contribution in [1.82, 2.24) is 9.97 Å². The van der Waals surface area contributed by atoms with Crippen molar-refractivity contribution < 1.29 is 31.4 Å². The molecule has 2 aromatic heterocycles. The maximum absolute atomic E-state index is 14.3. The van der Waals surface area contributed by atoms with Crippen LogP contribution >= 0.6 is 0 Å². The van der Waals surface area contributed by atoms with Gasteiger partial charge in [0.25, 0.3) is 0 Å². The Balaban J connectivity index is 1.66. The molecule has 1 aliphatic carbocycles. The lowest BCUT2D eigenvalue weighted by molar-refractivity contribution is -0.223. The Morgan fingerprint density at radius 3 is 2.04 bits per heavy atom. The highest BCUT2D eigenvalue weighted by molar-refractivity contribution is 5.23. The van der Waals surface area contributed by atoms with Crippen LogP contribution in [0.5, 0.6) is 11.5 Å². The Bertz CT molecular complexity index is 776. The number of hydrogen-bond donors (Lipinski definition) is 0. The monoisotopic (exact) mass is 402 g/mol. The van der Waals surface area contributed by atoms with Gasteiger partial charge in [0.15, 0.2) is 5.69 Å². The van der Waals surface area contributed by atoms with Gasteiger partial charge >= 0.3 is 12.2 Å². The summed E-state index contributed by atoms with van der Waals surface area (Å²) < 4.78 is 78.9. The number of hydrogen-bond acceptors (Lipinski definition) is 4. The first kappa shape index (κ1) is 20.3. The SMILES string of the molecule is CC1CCC(C(F)(F)Oc2ccc(C(F)(F)Oc3ccc(F)nc3)nc2)CC1. The van der Waals surface area contributed by atoms with Crippen LogP contribution in [0.3, 0.4) is 0 Å². The quantitative estimate of drug-likeness (QED) is 0.470. The van der Waals surface area contributed by atoms with Crippen LogP contribution in [-0.4, -0.2) is 16.1 Å². The largest absolute Gasteiger partial charge is 0.444 e. The van der Waals surface area contributed by atoms with Gasteiger partial charge in [-0.05, 0) is 43.0 Å². The second kappa shape index (κ2) is 7.89. The number of alkyl halides is 4. The first-order valence-corrected chi connectivity index (χ1v) is 8.87. The number of rotatable bonds is 6. The van der Waals surface area contributed by atoms with Crippen molar-refractivity contribution in [3.63, 3.8) is 0 Å². The van der Waals surface area contributed by atoms with E-state index in [1.54, 1.807) is 0 Å². The minimum absolute atomic E-state index is 0.313. The summed E-state index contributed by atoms with van der Waals surface area (Å²) in [6, 6.07) is 3.68. The standard InChI is InChI=1S/C19H19F5N2O2/c1-12-2-4-13(5-3-12)18(21,22)27-14-6-8-16(25-10-14)19(23,24)28-15-7-9-17(20)26-11-15/h6-13H,2-5H2,1H3. The van der Waals surface area contributed by atoms with Crippen LogP contribution < -0.4 is 9.47 Å². The van der Waals surface area contributed by atoms with Crippen LogP contribution in [0.25, 0.3) is 0 Å². The number of nitrogens with zero attached hydrogens (tertiary/aromatic N) is 2. The number of ether oxygens (including phenoxy) is 2. The van der Waals surface area contributed by atoms with E-state index in [-0.39, 0.29) is 11.5 Å². The van der Waals surface area contributed by atoms with Crippen LogP contribution in [0.2, 0.25) is 0 Å². The van der Waals surface area contributed by atoms with Crippen LogP contribution in [0.1, 0.15) is 38.3 Å². The van der Waals surface area contributed by atoms with E-state index in [4.69, 9.17) is 4.74 Å². The molecule has 0 bridgehead atoms. The summed E-state index contributed by atoms with van der Waals surface area (Å²) in [6.07, 6.45) is -3.58. The zero-order chi connectivity index (χ0) is 20.4. The summed E-state index contributed by atoms with van der Waals surface area (Å²) in [6.45, 7) is 2.02. The van der Waals surface area contributed by atoms with E-state index in [0.717, 1.165) is 36.7 Å². The number of aromatic nitrogens is 2. The molecule has 0 radical (unpaired) electrons. The Morgan fingerprint density at radius 2 is 1.46 bits per heavy atom. The van der Waals surface area contributed by atoms with E-state index in [1.807, 2.05) is 6.92 Å². The summed E-state index contributed by atoms with van der Waals surface area (Å²) in [5, 5.41) is 0. The average molecular weight is 402 g/mol. The maximum Gasteiger partial charge on any atom is 0.444 e. The van der Waals surface area contributed by atoms with Gasteiger partial charge in [-0.1, -0.05) is 19.8 Å². The Kier molecular flexibility index (Phi) is 5.71. The second-order valence-corrected chi connectivity index (χ2v) is 6.94. The van der Waals surface area contributed by atoms with Crippen LogP contribution in [-0.2, 0) is 6.11 Å². The molecule has 0 atom stereocenters. The molecule has 0 aliphatic heterocycles. The lowest BCUT2D eigenvalue weighted by Gasteiger charge is -2.32. The summed E-state index contributed by atoms with van der Waals surface area (Å²) >= 11 is 0. The highest BCUT2D eigenvalue weighted by atomic mass is 19.3. The molecule has 0 spiro atoms. The predicted octanol–water partition coefficient (Wildman–Crippen LogP) is 5.54. The van der Waals surface area contributed by atoms with E-state index in [1.165, 1.54) is 0 Å². The fourth-order valence-corrected chi connectivity index (χ4v) is 3.07. The van der Waals surface area contributed by atoms with Crippen LogP contribution in [0, 0.1) is 17.8 Å². The van der Waals surface area contributed by atoms with E-state index in [0.29, 0.717) is 31.6 Å². The number of halogens is 5. The molecule has 1 aliphatic rings. The molecule has 4 nitrogen and oxygen atoms in total. The van der Waals surface area contributed by atoms with E-state index in [2.05, 4.69) is 14.7 Å². The first-order chi connectivity index (χ1) is 13.2. The van der Waals surface area contributed by atoms with Crippen molar-refractivity contribution in [2.75, 3.05) is 0 Å². The van der Waals surface area contributed by atoms with Gasteiger partial charge in [0.2, 0.25) is 5.95 Å². The van der Waals surface area contributed by atoms with Gasteiger partial charge in [0.05, 0.1) is 18.3 Å². The molecule has 0 amide bonds. The molecule has 28 heavy (non-hydrogen) atoms. The molecule has 9 heteroatoms. The van der Waals surface area contributed by atoms with Gasteiger partial charge in [-0.15, -0.1) is 0 Å². The van der Waals surface area contributed by atoms with Gasteiger partial charge in [0, 0.05) is 0 Å². The van der Waals surface area contributed by atoms with E-state index >= 15 is 0 Å². The van der Waals surface area contributed by atoms with Gasteiger partial charge < -0.3 is 9.47 Å². The summed E-state index contributed by atoms with van der Waals surface area (Å²) in [5.41, 5.74) is -0.806. The zero-order valence-electron chi connectivity index (χ0n) is 15.0. The average Bonchev–Trinajstić information content (AvgIpc) is 2.64. The third-order valence-corrected chi connectivity index (χ3v) is 4.73. The molecule has 0 unspecified atom stereocenters. The fraction of sp³-hybridized carbons (Fsp3) is 0.474. The molecular formula is C19H19F5N2O2. The predicted molar refractivity (Wildman–Crippen MR) is 89.7 cm³/mol. The molecular weight excluding hydrogens is 383 g/mol. The molecule has 2 aromatic rings. The highest BCUT2D eigenvalue weighted by Gasteiger charge is 2.44. The van der Waals surface area contributed by atoms with Gasteiger partial charge in [-0.2, -0.15) is 22.0 Å². The molecule has 0 aromatic carbocycles. The van der Waals surface area contributed by atoms with Crippen molar-refractivity contribution >= 4 is 0 Å². The van der Waals surface area contributed by atoms with Crippen molar-refractivity contribution in [2.24, 2.45) is 11.8 Å². The minimum Gasteiger partial charge on any atom is -0.431 e. The zero-order valence-corrected chi connectivity index (χ0v) is 15.0. The van der Waals surface area contributed by atoms with Crippen molar-refractivity contribution in [3.05, 3.63) is 48.3 Å². The first-order valence-electron chi connectivity index (χ1n) is 8.87. The summed E-state index contributed by atoms with van der Waals surface area (Å²) in [7, 11) is 0. The third kappa shape index (κ3) is 4.88. The van der Waals surface area contributed by atoms with Crippen molar-refractivity contribution in [3.8, 4) is 11.5 Å². The van der Waals surface area contributed by atoms with Gasteiger partial charge in [-0.3, -0.25) is 0 Å². The smallest absolute Gasteiger partial charge is 0.431 e. The van der Waals surface area contributed by atoms with E-state index in [9.17, 15) is 22.0 Å². The lowest BCUT2D eigenvalue weighted by atomic mass is 9.82. The van der Waals surface area contributed by atoms with Gasteiger partial charge in [0.1, 0.15) is 11.5 Å². The number of pyridine rings is 2. The molecule has 0 N–H and O–H groups in total. The molecule has 1 saturated carbocycles. The molecule has 3 rings (SSSR count). The summed E-state index contributed by atoms with van der Waals surface area (Å²) in [5.74, 6) is -2.03. The van der Waals surface area contributed by atoms with Crippen molar-refractivity contribution in [2.45, 2.75) is 44.8 Å². The normalized spacial score (nSPS) is 20.6. The topological polar surface area (TPSA) is 44.2 Å².